The largest absolute Gasteiger partial charge is 0.369 e. The van der Waals surface area contributed by atoms with Gasteiger partial charge in [0.15, 0.2) is 0 Å². The maximum Gasteiger partial charge on any atom is 0.219 e. The number of thiol groups is 1. The number of amides is 1. The molecule has 1 amide bonds. The van der Waals surface area contributed by atoms with Gasteiger partial charge in [-0.3, -0.25) is 4.79 Å². The molecule has 0 atom stereocenters. The smallest absolute Gasteiger partial charge is 0.219 e. The fourth-order valence-electron chi connectivity index (χ4n) is 0. The van der Waals surface area contributed by atoms with Crippen molar-refractivity contribution < 1.29 is 13.2 Å². The van der Waals surface area contributed by atoms with Crippen molar-refractivity contribution in [2.75, 3.05) is 6.26 Å². The lowest BCUT2D eigenvalue weighted by Crippen LogP contribution is -2.17. The Bertz CT molecular complexity index is 154. The van der Waals surface area contributed by atoms with Gasteiger partial charge in [0.2, 0.25) is 5.91 Å². The minimum Gasteiger partial charge on any atom is -0.369 e. The summed E-state index contributed by atoms with van der Waals surface area (Å²) in [5.74, 6) is -0.250. The number of hydrogen-bond donors (Lipinski definition) is 2. The number of nitrogens with two attached hydrogens (primary N) is 1. The van der Waals surface area contributed by atoms with E-state index in [0.29, 0.717) is 0 Å². The third-order valence-electron chi connectivity index (χ3n) is 0.569. The lowest BCUT2D eigenvalue weighted by Gasteiger charge is -1.90. The SMILES string of the molecule is CC(C)C(N)=O.C[SH](=O)=O. The van der Waals surface area contributed by atoms with Gasteiger partial charge in [0.1, 0.15) is 10.7 Å². The predicted molar refractivity (Wildman–Crippen MR) is 40.3 cm³/mol. The third-order valence-corrected chi connectivity index (χ3v) is 0.569. The van der Waals surface area contributed by atoms with Crippen molar-refractivity contribution >= 4 is 16.6 Å². The molecule has 0 aliphatic rings. The monoisotopic (exact) mass is 167 g/mol. The highest BCUT2D eigenvalue weighted by molar-refractivity contribution is 7.71. The van der Waals surface area contributed by atoms with E-state index in [1.807, 2.05) is 0 Å². The molecular weight excluding hydrogens is 154 g/mol. The van der Waals surface area contributed by atoms with E-state index in [1.165, 1.54) is 0 Å². The van der Waals surface area contributed by atoms with Gasteiger partial charge in [0.25, 0.3) is 0 Å². The zero-order valence-electron chi connectivity index (χ0n) is 6.33. The summed E-state index contributed by atoms with van der Waals surface area (Å²) < 4.78 is 18.1. The normalized spacial score (nSPS) is 8.90. The van der Waals surface area contributed by atoms with Crippen LogP contribution in [0.1, 0.15) is 13.8 Å². The Morgan fingerprint density at radius 2 is 1.50 bits per heavy atom. The molecule has 4 nitrogen and oxygen atoms in total. The third kappa shape index (κ3) is 26.1. The topological polar surface area (TPSA) is 77.2 Å². The van der Waals surface area contributed by atoms with E-state index in [-0.39, 0.29) is 11.8 Å². The molecule has 0 aromatic carbocycles. The van der Waals surface area contributed by atoms with Crippen molar-refractivity contribution in [3.8, 4) is 0 Å². The fraction of sp³-hybridized carbons (Fsp3) is 0.800. The van der Waals surface area contributed by atoms with Gasteiger partial charge < -0.3 is 5.73 Å². The number of rotatable bonds is 1. The molecule has 5 heteroatoms. The van der Waals surface area contributed by atoms with E-state index >= 15 is 0 Å². The van der Waals surface area contributed by atoms with E-state index in [9.17, 15) is 4.79 Å². The molecule has 10 heavy (non-hydrogen) atoms. The zero-order valence-corrected chi connectivity index (χ0v) is 7.22. The quantitative estimate of drug-likeness (QED) is 0.510. The maximum atomic E-state index is 9.92. The standard InChI is InChI=1S/C4H9NO.CH4O2S/c1-3(2)4(5)6;1-4(2)3/h3H,1-2H3,(H2,5,6);4H,1H3. The lowest BCUT2D eigenvalue weighted by molar-refractivity contribution is -0.120. The molecule has 0 rings (SSSR count). The number of carbonyl (C=O) groups excluding carboxylic acids is 1. The molecule has 0 spiro atoms. The Kier molecular flexibility index (Phi) is 7.93. The first-order valence-corrected chi connectivity index (χ1v) is 4.37. The molecule has 0 aliphatic heterocycles. The zero-order chi connectivity index (χ0) is 8.73. The highest BCUT2D eigenvalue weighted by Gasteiger charge is 1.96. The summed E-state index contributed by atoms with van der Waals surface area (Å²) in [6.07, 6.45) is 1.12. The summed E-state index contributed by atoms with van der Waals surface area (Å²) in [5.41, 5.74) is 4.80. The van der Waals surface area contributed by atoms with Gasteiger partial charge in [-0.25, -0.2) is 8.42 Å². The Hall–Kier alpha value is -0.580. The van der Waals surface area contributed by atoms with Crippen LogP contribution in [-0.4, -0.2) is 20.6 Å². The second-order valence-corrected chi connectivity index (χ2v) is 2.88. The van der Waals surface area contributed by atoms with Gasteiger partial charge in [-0.05, 0) is 0 Å². The van der Waals surface area contributed by atoms with Gasteiger partial charge in [-0.15, -0.1) is 0 Å². The van der Waals surface area contributed by atoms with Crippen LogP contribution < -0.4 is 5.73 Å². The highest BCUT2D eigenvalue weighted by atomic mass is 32.2. The molecule has 0 bridgehead atoms. The molecular formula is C5H13NO3S. The second kappa shape index (κ2) is 6.54. The first kappa shape index (κ1) is 12.1. The van der Waals surface area contributed by atoms with Gasteiger partial charge in [-0.1, -0.05) is 13.8 Å². The minimum absolute atomic E-state index is 0.00926. The Balaban J connectivity index is 0. The van der Waals surface area contributed by atoms with Crippen LogP contribution in [0.2, 0.25) is 0 Å². The molecule has 2 N–H and O–H groups in total. The minimum atomic E-state index is -2.12. The molecule has 0 fully saturated rings. The molecule has 0 aromatic heterocycles. The summed E-state index contributed by atoms with van der Waals surface area (Å²) in [6.45, 7) is 3.53. The summed E-state index contributed by atoms with van der Waals surface area (Å²) in [7, 11) is -2.12. The summed E-state index contributed by atoms with van der Waals surface area (Å²) in [5, 5.41) is 0. The molecule has 0 saturated heterocycles. The van der Waals surface area contributed by atoms with Gasteiger partial charge in [0, 0.05) is 12.2 Å². The Morgan fingerprint density at radius 3 is 1.50 bits per heavy atom. The molecule has 0 radical (unpaired) electrons. The van der Waals surface area contributed by atoms with Crippen LogP contribution in [0.15, 0.2) is 0 Å². The van der Waals surface area contributed by atoms with Crippen molar-refractivity contribution in [2.24, 2.45) is 11.7 Å². The summed E-state index contributed by atoms with van der Waals surface area (Å²) in [4.78, 5) is 9.92. The van der Waals surface area contributed by atoms with Gasteiger partial charge >= 0.3 is 0 Å². The molecule has 0 aromatic rings. The fourth-order valence-corrected chi connectivity index (χ4v) is 0. The summed E-state index contributed by atoms with van der Waals surface area (Å²) >= 11 is 0. The molecule has 0 aliphatic carbocycles. The maximum absolute atomic E-state index is 9.92. The van der Waals surface area contributed by atoms with E-state index in [4.69, 9.17) is 14.2 Å². The van der Waals surface area contributed by atoms with Crippen LogP contribution in [0.5, 0.6) is 0 Å². The average Bonchev–Trinajstić information content (AvgIpc) is 1.63. The molecule has 0 saturated carbocycles. The van der Waals surface area contributed by atoms with Crippen LogP contribution in [0.4, 0.5) is 0 Å². The van der Waals surface area contributed by atoms with E-state index < -0.39 is 10.7 Å². The van der Waals surface area contributed by atoms with E-state index in [0.717, 1.165) is 6.26 Å². The van der Waals surface area contributed by atoms with Crippen molar-refractivity contribution in [1.29, 1.82) is 0 Å². The van der Waals surface area contributed by atoms with Crippen LogP contribution in [-0.2, 0) is 15.5 Å². The van der Waals surface area contributed by atoms with Gasteiger partial charge in [-0.2, -0.15) is 0 Å². The average molecular weight is 167 g/mol. The molecule has 0 unspecified atom stereocenters. The second-order valence-electron chi connectivity index (χ2n) is 2.00. The van der Waals surface area contributed by atoms with E-state index in [2.05, 4.69) is 0 Å². The molecule has 0 heterocycles. The number of carbonyl (C=O) groups is 1. The van der Waals surface area contributed by atoms with Crippen molar-refractivity contribution in [2.45, 2.75) is 13.8 Å². The van der Waals surface area contributed by atoms with Crippen LogP contribution in [0, 0.1) is 5.92 Å². The Labute approximate surface area is 62.4 Å². The summed E-state index contributed by atoms with van der Waals surface area (Å²) in [6, 6.07) is 0. The lowest BCUT2D eigenvalue weighted by atomic mass is 10.2. The van der Waals surface area contributed by atoms with Crippen molar-refractivity contribution in [3.63, 3.8) is 0 Å². The van der Waals surface area contributed by atoms with Crippen molar-refractivity contribution in [3.05, 3.63) is 0 Å². The van der Waals surface area contributed by atoms with Crippen LogP contribution in [0.25, 0.3) is 0 Å². The Morgan fingerprint density at radius 1 is 1.40 bits per heavy atom. The van der Waals surface area contributed by atoms with Crippen molar-refractivity contribution in [1.82, 2.24) is 0 Å². The van der Waals surface area contributed by atoms with Gasteiger partial charge in [0.05, 0.1) is 0 Å². The van der Waals surface area contributed by atoms with Crippen LogP contribution >= 0.6 is 0 Å². The van der Waals surface area contributed by atoms with Crippen LogP contribution in [0.3, 0.4) is 0 Å². The van der Waals surface area contributed by atoms with E-state index in [1.54, 1.807) is 13.8 Å². The molecule has 62 valence electrons. The highest BCUT2D eigenvalue weighted by Crippen LogP contribution is 1.84. The number of primary amides is 1. The number of hydrogen-bond acceptors (Lipinski definition) is 3. The first-order valence-electron chi connectivity index (χ1n) is 2.75. The predicted octanol–water partition coefficient (Wildman–Crippen LogP) is -0.645. The first-order chi connectivity index (χ1) is 4.37.